The number of aliphatic hydroxyl groups excluding tert-OH is 3. The van der Waals surface area contributed by atoms with Gasteiger partial charge in [-0.1, -0.05) is 6.07 Å². The standard InChI is InChI=1S/C21H22O12/c22-8-4-11(24)9-6-14(32-21-17(28)15(26)16(27)19(33-21)20(29)30)18(31-13(9)5-8)7-1-2-10(23)12(25)3-7/h1-5,14-19,21-28H,6H2,(H,29,30)/t14?,15-,16-,17+,18?,19-,21+/m0/s1. The van der Waals surface area contributed by atoms with Crippen LogP contribution in [0.25, 0.3) is 0 Å². The summed E-state index contributed by atoms with van der Waals surface area (Å²) < 4.78 is 16.8. The van der Waals surface area contributed by atoms with Crippen molar-refractivity contribution in [3.63, 3.8) is 0 Å². The van der Waals surface area contributed by atoms with Crippen molar-refractivity contribution in [2.45, 2.75) is 49.3 Å². The number of carboxylic acid groups (broad SMARTS) is 1. The summed E-state index contributed by atoms with van der Waals surface area (Å²) in [5.74, 6) is -2.91. The van der Waals surface area contributed by atoms with E-state index in [2.05, 4.69) is 0 Å². The van der Waals surface area contributed by atoms with Gasteiger partial charge in [0.15, 0.2) is 30.0 Å². The Morgan fingerprint density at radius 2 is 1.64 bits per heavy atom. The maximum Gasteiger partial charge on any atom is 0.335 e. The van der Waals surface area contributed by atoms with Crippen molar-refractivity contribution in [3.05, 3.63) is 41.5 Å². The van der Waals surface area contributed by atoms with Crippen molar-refractivity contribution in [1.82, 2.24) is 0 Å². The number of carbonyl (C=O) groups is 1. The molecule has 12 nitrogen and oxygen atoms in total. The fourth-order valence-corrected chi connectivity index (χ4v) is 3.90. The van der Waals surface area contributed by atoms with E-state index in [1.165, 1.54) is 24.3 Å². The highest BCUT2D eigenvalue weighted by atomic mass is 16.7. The topological polar surface area (TPSA) is 207 Å². The van der Waals surface area contributed by atoms with Crippen LogP contribution in [0.15, 0.2) is 30.3 Å². The number of phenols is 4. The first-order valence-electron chi connectivity index (χ1n) is 9.88. The van der Waals surface area contributed by atoms with Crippen LogP contribution < -0.4 is 4.74 Å². The predicted molar refractivity (Wildman–Crippen MR) is 106 cm³/mol. The zero-order valence-corrected chi connectivity index (χ0v) is 16.8. The molecule has 0 spiro atoms. The van der Waals surface area contributed by atoms with Gasteiger partial charge in [0.05, 0.1) is 0 Å². The fraction of sp³-hybridized carbons (Fsp3) is 0.381. The molecule has 8 N–H and O–H groups in total. The number of phenolic OH excluding ortho intramolecular Hbond substituents is 4. The van der Waals surface area contributed by atoms with E-state index in [4.69, 9.17) is 14.2 Å². The molecule has 4 rings (SSSR count). The molecule has 0 aliphatic carbocycles. The number of aromatic hydroxyl groups is 4. The van der Waals surface area contributed by atoms with Crippen LogP contribution in [0.3, 0.4) is 0 Å². The highest BCUT2D eigenvalue weighted by Crippen LogP contribution is 2.44. The normalized spacial score (nSPS) is 31.4. The van der Waals surface area contributed by atoms with Crippen molar-refractivity contribution in [2.75, 3.05) is 0 Å². The van der Waals surface area contributed by atoms with Gasteiger partial charge in [-0.2, -0.15) is 0 Å². The predicted octanol–water partition coefficient (Wildman–Crippen LogP) is -0.537. The molecule has 2 aromatic carbocycles. The lowest BCUT2D eigenvalue weighted by Crippen LogP contribution is -2.61. The third kappa shape index (κ3) is 4.21. The highest BCUT2D eigenvalue weighted by molar-refractivity contribution is 5.73. The number of hydrogen-bond acceptors (Lipinski definition) is 11. The zero-order valence-electron chi connectivity index (χ0n) is 16.8. The maximum absolute atomic E-state index is 11.4. The van der Waals surface area contributed by atoms with Crippen LogP contribution in [0.4, 0.5) is 0 Å². The van der Waals surface area contributed by atoms with Gasteiger partial charge in [-0.25, -0.2) is 4.79 Å². The van der Waals surface area contributed by atoms with Gasteiger partial charge in [-0.15, -0.1) is 0 Å². The van der Waals surface area contributed by atoms with Crippen LogP contribution >= 0.6 is 0 Å². The molecular weight excluding hydrogens is 444 g/mol. The summed E-state index contributed by atoms with van der Waals surface area (Å²) in [7, 11) is 0. The number of aliphatic hydroxyl groups is 3. The molecule has 2 aromatic rings. The van der Waals surface area contributed by atoms with Crippen molar-refractivity contribution < 1.29 is 59.9 Å². The number of carboxylic acids is 1. The van der Waals surface area contributed by atoms with Gasteiger partial charge in [0, 0.05) is 24.1 Å². The molecule has 12 heteroatoms. The van der Waals surface area contributed by atoms with Crippen LogP contribution in [0, 0.1) is 0 Å². The minimum absolute atomic E-state index is 0.0727. The third-order valence-electron chi connectivity index (χ3n) is 5.62. The molecule has 0 bridgehead atoms. The van der Waals surface area contributed by atoms with Crippen LogP contribution in [-0.4, -0.2) is 83.6 Å². The lowest BCUT2D eigenvalue weighted by atomic mass is 9.93. The minimum atomic E-state index is -1.91. The number of rotatable bonds is 4. The number of benzene rings is 2. The van der Waals surface area contributed by atoms with Gasteiger partial charge in [-0.3, -0.25) is 0 Å². The third-order valence-corrected chi connectivity index (χ3v) is 5.62. The quantitative estimate of drug-likeness (QED) is 0.267. The molecule has 33 heavy (non-hydrogen) atoms. The molecule has 0 radical (unpaired) electrons. The molecule has 1 saturated heterocycles. The van der Waals surface area contributed by atoms with Crippen molar-refractivity contribution in [1.29, 1.82) is 0 Å². The monoisotopic (exact) mass is 466 g/mol. The van der Waals surface area contributed by atoms with E-state index in [0.717, 1.165) is 6.07 Å². The van der Waals surface area contributed by atoms with Crippen molar-refractivity contribution >= 4 is 5.97 Å². The molecule has 2 aliphatic heterocycles. The van der Waals surface area contributed by atoms with E-state index in [1.54, 1.807) is 0 Å². The van der Waals surface area contributed by atoms with Gasteiger partial charge < -0.3 is 55.1 Å². The van der Waals surface area contributed by atoms with Crippen LogP contribution in [0.5, 0.6) is 28.7 Å². The lowest BCUT2D eigenvalue weighted by Gasteiger charge is -2.42. The number of aliphatic carboxylic acids is 1. The maximum atomic E-state index is 11.4. The molecule has 0 aromatic heterocycles. The Morgan fingerprint density at radius 1 is 0.909 bits per heavy atom. The van der Waals surface area contributed by atoms with Crippen LogP contribution in [0.2, 0.25) is 0 Å². The SMILES string of the molecule is O=C(O)[C@H]1O[C@@H](OC2Cc3c(O)cc(O)cc3OC2c2ccc(O)c(O)c2)[C@H](O)[C@@H](O)[C@@H]1O. The second-order valence-electron chi connectivity index (χ2n) is 7.84. The molecule has 2 heterocycles. The Morgan fingerprint density at radius 3 is 2.30 bits per heavy atom. The second-order valence-corrected chi connectivity index (χ2v) is 7.84. The summed E-state index contributed by atoms with van der Waals surface area (Å²) in [6, 6.07) is 6.15. The van der Waals surface area contributed by atoms with Gasteiger partial charge >= 0.3 is 5.97 Å². The van der Waals surface area contributed by atoms with Crippen molar-refractivity contribution in [3.8, 4) is 28.7 Å². The lowest BCUT2D eigenvalue weighted by molar-refractivity contribution is -0.310. The number of fused-ring (bicyclic) bond motifs is 1. The first-order valence-corrected chi connectivity index (χ1v) is 9.88. The van der Waals surface area contributed by atoms with E-state index < -0.39 is 60.4 Å². The molecule has 2 unspecified atom stereocenters. The first kappa shape index (κ1) is 22.9. The summed E-state index contributed by atoms with van der Waals surface area (Å²) in [5, 5.41) is 79.1. The van der Waals surface area contributed by atoms with E-state index >= 15 is 0 Å². The Bertz CT molecular complexity index is 1060. The van der Waals surface area contributed by atoms with Gasteiger partial charge in [0.1, 0.15) is 41.7 Å². The second kappa shape index (κ2) is 8.57. The van der Waals surface area contributed by atoms with Crippen LogP contribution in [-0.2, 0) is 20.7 Å². The molecule has 178 valence electrons. The average Bonchev–Trinajstić information content (AvgIpc) is 2.75. The van der Waals surface area contributed by atoms with Gasteiger partial charge in [0.2, 0.25) is 0 Å². The summed E-state index contributed by atoms with van der Waals surface area (Å²) >= 11 is 0. The molecule has 1 fully saturated rings. The summed E-state index contributed by atoms with van der Waals surface area (Å²) in [6.07, 6.45) is -11.4. The molecule has 7 atom stereocenters. The van der Waals surface area contributed by atoms with E-state index in [0.29, 0.717) is 5.56 Å². The smallest absolute Gasteiger partial charge is 0.335 e. The molecule has 2 aliphatic rings. The first-order chi connectivity index (χ1) is 15.6. The number of ether oxygens (including phenoxy) is 3. The van der Waals surface area contributed by atoms with E-state index in [9.17, 15) is 45.6 Å². The Balaban J connectivity index is 1.69. The summed E-state index contributed by atoms with van der Waals surface area (Å²) in [6.45, 7) is 0. The molecular formula is C21H22O12. The van der Waals surface area contributed by atoms with Crippen molar-refractivity contribution in [2.24, 2.45) is 0 Å². The summed E-state index contributed by atoms with van der Waals surface area (Å²) in [4.78, 5) is 11.4. The largest absolute Gasteiger partial charge is 0.508 e. The number of hydrogen-bond donors (Lipinski definition) is 8. The molecule has 0 amide bonds. The van der Waals surface area contributed by atoms with Crippen LogP contribution in [0.1, 0.15) is 17.2 Å². The van der Waals surface area contributed by atoms with Gasteiger partial charge in [0.25, 0.3) is 0 Å². The van der Waals surface area contributed by atoms with E-state index in [-0.39, 0.29) is 29.2 Å². The van der Waals surface area contributed by atoms with E-state index in [1.807, 2.05) is 0 Å². The zero-order chi connectivity index (χ0) is 24.0. The van der Waals surface area contributed by atoms with Gasteiger partial charge in [-0.05, 0) is 17.7 Å². The minimum Gasteiger partial charge on any atom is -0.508 e. The highest BCUT2D eigenvalue weighted by Gasteiger charge is 2.49. The Labute approximate surface area is 186 Å². The fourth-order valence-electron chi connectivity index (χ4n) is 3.90. The Hall–Kier alpha value is -3.29. The Kier molecular flexibility index (Phi) is 5.95. The average molecular weight is 466 g/mol. The summed E-state index contributed by atoms with van der Waals surface area (Å²) in [5.41, 5.74) is 0.530. The molecule has 0 saturated carbocycles.